The van der Waals surface area contributed by atoms with Gasteiger partial charge in [-0.2, -0.15) is 0 Å². The molecule has 0 aliphatic heterocycles. The van der Waals surface area contributed by atoms with Gasteiger partial charge in [0.25, 0.3) is 0 Å². The number of rotatable bonds is 2. The second-order valence-corrected chi connectivity index (χ2v) is 2.90. The zero-order chi connectivity index (χ0) is 9.14. The fraction of sp³-hybridized carbons (Fsp3) is 0.300. The standard InChI is InChI=1S/C10H11FO/c1-7(12)6-9-4-3-5-10(11)8(9)2/h3-5H,6H2,1-2H3. The summed E-state index contributed by atoms with van der Waals surface area (Å²) in [6.07, 6.45) is 0.323. The Kier molecular flexibility index (Phi) is 2.58. The lowest BCUT2D eigenvalue weighted by atomic mass is 10.0. The van der Waals surface area contributed by atoms with E-state index in [4.69, 9.17) is 0 Å². The largest absolute Gasteiger partial charge is 0.300 e. The minimum absolute atomic E-state index is 0.0590. The Morgan fingerprint density at radius 3 is 2.75 bits per heavy atom. The minimum atomic E-state index is -0.242. The van der Waals surface area contributed by atoms with Gasteiger partial charge < -0.3 is 0 Å². The van der Waals surface area contributed by atoms with Gasteiger partial charge in [-0.1, -0.05) is 12.1 Å². The number of ketones is 1. The van der Waals surface area contributed by atoms with Crippen LogP contribution in [0, 0.1) is 12.7 Å². The van der Waals surface area contributed by atoms with Gasteiger partial charge in [0.1, 0.15) is 11.6 Å². The van der Waals surface area contributed by atoms with E-state index in [1.807, 2.05) is 0 Å². The van der Waals surface area contributed by atoms with Crippen LogP contribution in [0.1, 0.15) is 18.1 Å². The van der Waals surface area contributed by atoms with Crippen LogP contribution in [-0.2, 0) is 11.2 Å². The Morgan fingerprint density at radius 2 is 2.17 bits per heavy atom. The average molecular weight is 166 g/mol. The molecule has 1 aromatic rings. The second-order valence-electron chi connectivity index (χ2n) is 2.90. The molecule has 0 saturated carbocycles. The number of benzene rings is 1. The minimum Gasteiger partial charge on any atom is -0.300 e. The van der Waals surface area contributed by atoms with Crippen molar-refractivity contribution in [2.75, 3.05) is 0 Å². The van der Waals surface area contributed by atoms with Crippen LogP contribution in [0.25, 0.3) is 0 Å². The predicted molar refractivity (Wildman–Crippen MR) is 45.5 cm³/mol. The van der Waals surface area contributed by atoms with Crippen LogP contribution in [0.5, 0.6) is 0 Å². The molecule has 0 bridgehead atoms. The monoisotopic (exact) mass is 166 g/mol. The lowest BCUT2D eigenvalue weighted by Gasteiger charge is -2.03. The Balaban J connectivity index is 3.00. The molecule has 1 nitrogen and oxygen atoms in total. The highest BCUT2D eigenvalue weighted by Gasteiger charge is 2.04. The van der Waals surface area contributed by atoms with Crippen LogP contribution in [0.15, 0.2) is 18.2 Å². The molecule has 0 unspecified atom stereocenters. The maximum atomic E-state index is 12.9. The summed E-state index contributed by atoms with van der Waals surface area (Å²) in [5.74, 6) is -0.183. The van der Waals surface area contributed by atoms with Gasteiger partial charge >= 0.3 is 0 Å². The highest BCUT2D eigenvalue weighted by atomic mass is 19.1. The lowest BCUT2D eigenvalue weighted by molar-refractivity contribution is -0.116. The zero-order valence-electron chi connectivity index (χ0n) is 7.23. The molecule has 0 aromatic heterocycles. The molecule has 0 fully saturated rings. The highest BCUT2D eigenvalue weighted by Crippen LogP contribution is 2.12. The van der Waals surface area contributed by atoms with Gasteiger partial charge in [0, 0.05) is 6.42 Å². The quantitative estimate of drug-likeness (QED) is 0.658. The first-order valence-corrected chi connectivity index (χ1v) is 3.84. The number of halogens is 1. The Labute approximate surface area is 71.2 Å². The molecule has 1 aromatic carbocycles. The van der Waals surface area contributed by atoms with E-state index >= 15 is 0 Å². The molecule has 0 radical (unpaired) electrons. The number of hydrogen-bond acceptors (Lipinski definition) is 1. The van der Waals surface area contributed by atoms with Crippen LogP contribution >= 0.6 is 0 Å². The van der Waals surface area contributed by atoms with Crippen LogP contribution in [-0.4, -0.2) is 5.78 Å². The summed E-state index contributed by atoms with van der Waals surface area (Å²) in [7, 11) is 0. The summed E-state index contributed by atoms with van der Waals surface area (Å²) in [4.78, 5) is 10.8. The van der Waals surface area contributed by atoms with E-state index in [2.05, 4.69) is 0 Å². The van der Waals surface area contributed by atoms with Crippen molar-refractivity contribution in [1.82, 2.24) is 0 Å². The van der Waals surface area contributed by atoms with Gasteiger partial charge in [-0.25, -0.2) is 4.39 Å². The third kappa shape index (κ3) is 1.91. The number of Topliss-reactive ketones (excluding diaryl/α,β-unsaturated/α-hetero) is 1. The maximum absolute atomic E-state index is 12.9. The van der Waals surface area contributed by atoms with Crippen molar-refractivity contribution in [3.8, 4) is 0 Å². The number of hydrogen-bond donors (Lipinski definition) is 0. The summed E-state index contributed by atoms with van der Waals surface area (Å²) in [6, 6.07) is 4.80. The van der Waals surface area contributed by atoms with Crippen molar-refractivity contribution in [2.45, 2.75) is 20.3 Å². The van der Waals surface area contributed by atoms with E-state index in [0.29, 0.717) is 12.0 Å². The first-order chi connectivity index (χ1) is 5.61. The molecule has 0 spiro atoms. The zero-order valence-corrected chi connectivity index (χ0v) is 7.23. The highest BCUT2D eigenvalue weighted by molar-refractivity contribution is 5.78. The molecule has 12 heavy (non-hydrogen) atoms. The van der Waals surface area contributed by atoms with Gasteiger partial charge in [0.05, 0.1) is 0 Å². The number of carbonyl (C=O) groups is 1. The summed E-state index contributed by atoms with van der Waals surface area (Å²) < 4.78 is 12.9. The van der Waals surface area contributed by atoms with Crippen LogP contribution in [0.3, 0.4) is 0 Å². The van der Waals surface area contributed by atoms with Crippen molar-refractivity contribution in [1.29, 1.82) is 0 Å². The van der Waals surface area contributed by atoms with E-state index in [-0.39, 0.29) is 11.6 Å². The fourth-order valence-corrected chi connectivity index (χ4v) is 1.11. The van der Waals surface area contributed by atoms with Crippen molar-refractivity contribution >= 4 is 5.78 Å². The maximum Gasteiger partial charge on any atom is 0.134 e. The van der Waals surface area contributed by atoms with Crippen LogP contribution < -0.4 is 0 Å². The smallest absolute Gasteiger partial charge is 0.134 e. The SMILES string of the molecule is CC(=O)Cc1cccc(F)c1C. The molecule has 0 aliphatic carbocycles. The van der Waals surface area contributed by atoms with E-state index < -0.39 is 0 Å². The molecule has 0 atom stereocenters. The lowest BCUT2D eigenvalue weighted by Crippen LogP contribution is -1.99. The molecular weight excluding hydrogens is 155 g/mol. The van der Waals surface area contributed by atoms with Crippen molar-refractivity contribution in [3.05, 3.63) is 35.1 Å². The second kappa shape index (κ2) is 3.48. The first-order valence-electron chi connectivity index (χ1n) is 3.84. The van der Waals surface area contributed by atoms with E-state index in [0.717, 1.165) is 5.56 Å². The van der Waals surface area contributed by atoms with E-state index in [9.17, 15) is 9.18 Å². The third-order valence-electron chi connectivity index (χ3n) is 1.82. The van der Waals surface area contributed by atoms with Gasteiger partial charge in [0.2, 0.25) is 0 Å². The molecule has 0 N–H and O–H groups in total. The molecule has 0 amide bonds. The summed E-state index contributed by atoms with van der Waals surface area (Å²) in [5.41, 5.74) is 1.36. The molecule has 1 rings (SSSR count). The molecule has 2 heteroatoms. The first kappa shape index (κ1) is 8.91. The summed E-state index contributed by atoms with van der Waals surface area (Å²) in [5, 5.41) is 0. The molecular formula is C10H11FO. The van der Waals surface area contributed by atoms with E-state index in [1.165, 1.54) is 13.0 Å². The molecule has 64 valence electrons. The van der Waals surface area contributed by atoms with E-state index in [1.54, 1.807) is 19.1 Å². The molecule has 0 heterocycles. The normalized spacial score (nSPS) is 9.92. The summed E-state index contributed by atoms with van der Waals surface area (Å²) in [6.45, 7) is 3.19. The predicted octanol–water partition coefficient (Wildman–Crippen LogP) is 2.27. The third-order valence-corrected chi connectivity index (χ3v) is 1.82. The van der Waals surface area contributed by atoms with Gasteiger partial charge in [-0.15, -0.1) is 0 Å². The summed E-state index contributed by atoms with van der Waals surface area (Å²) >= 11 is 0. The van der Waals surface area contributed by atoms with Crippen LogP contribution in [0.2, 0.25) is 0 Å². The average Bonchev–Trinajstić information content (AvgIpc) is 1.98. The number of carbonyl (C=O) groups excluding carboxylic acids is 1. The Bertz CT molecular complexity index is 305. The Hall–Kier alpha value is -1.18. The van der Waals surface area contributed by atoms with Gasteiger partial charge in [-0.05, 0) is 31.0 Å². The fourth-order valence-electron chi connectivity index (χ4n) is 1.11. The topological polar surface area (TPSA) is 17.1 Å². The van der Waals surface area contributed by atoms with Crippen molar-refractivity contribution in [3.63, 3.8) is 0 Å². The van der Waals surface area contributed by atoms with Crippen molar-refractivity contribution in [2.24, 2.45) is 0 Å². The molecule has 0 saturated heterocycles. The Morgan fingerprint density at radius 1 is 1.50 bits per heavy atom. The van der Waals surface area contributed by atoms with Crippen molar-refractivity contribution < 1.29 is 9.18 Å². The molecule has 0 aliphatic rings. The van der Waals surface area contributed by atoms with Gasteiger partial charge in [-0.3, -0.25) is 4.79 Å². The van der Waals surface area contributed by atoms with Gasteiger partial charge in [0.15, 0.2) is 0 Å². The van der Waals surface area contributed by atoms with Crippen LogP contribution in [0.4, 0.5) is 4.39 Å².